The number of amidine groups is 1. The topological polar surface area (TPSA) is 63.6 Å². The molecule has 0 saturated carbocycles. The second-order valence-electron chi connectivity index (χ2n) is 4.18. The third-order valence-corrected chi connectivity index (χ3v) is 3.56. The van der Waals surface area contributed by atoms with Crippen molar-refractivity contribution in [2.24, 2.45) is 15.7 Å². The normalized spacial score (nSPS) is 21.3. The molecule has 1 aliphatic heterocycles. The number of pyridine rings is 1. The van der Waals surface area contributed by atoms with E-state index >= 15 is 0 Å². The number of hydrogen-bond donors (Lipinski definition) is 1. The van der Waals surface area contributed by atoms with Crippen LogP contribution in [0.25, 0.3) is 0 Å². The lowest BCUT2D eigenvalue weighted by molar-refractivity contribution is 0.874. The highest BCUT2D eigenvalue weighted by Crippen LogP contribution is 2.20. The van der Waals surface area contributed by atoms with Crippen LogP contribution in [-0.4, -0.2) is 27.0 Å². The molecule has 2 rings (SSSR count). The molecule has 6 heteroatoms. The Bertz CT molecular complexity index is 553. The molecule has 1 aromatic rings. The average Bonchev–Trinajstić information content (AvgIpc) is 2.34. The molecule has 94 valence electrons. The number of aliphatic imine (C=N–C) groups is 2. The first-order valence-corrected chi connectivity index (χ1v) is 6.32. The molecule has 0 bridgehead atoms. The Hall–Kier alpha value is -1.17. The molecule has 2 heterocycles. The summed E-state index contributed by atoms with van der Waals surface area (Å²) < 4.78 is 0. The monoisotopic (exact) mass is 280 g/mol. The highest BCUT2D eigenvalue weighted by molar-refractivity contribution is 7.82. The molecule has 0 aliphatic carbocycles. The van der Waals surface area contributed by atoms with Gasteiger partial charge in [0.25, 0.3) is 0 Å². The number of aromatic nitrogens is 1. The number of rotatable bonds is 2. The molecule has 2 atom stereocenters. The van der Waals surface area contributed by atoms with Crippen LogP contribution in [0.3, 0.4) is 0 Å². The van der Waals surface area contributed by atoms with Gasteiger partial charge in [0.2, 0.25) is 0 Å². The molecule has 18 heavy (non-hydrogen) atoms. The lowest BCUT2D eigenvalue weighted by Crippen LogP contribution is -2.36. The van der Waals surface area contributed by atoms with Gasteiger partial charge in [-0.15, -0.1) is 0 Å². The van der Waals surface area contributed by atoms with Gasteiger partial charge in [0.15, 0.2) is 0 Å². The van der Waals surface area contributed by atoms with Crippen LogP contribution in [0.15, 0.2) is 28.3 Å². The molecule has 1 aromatic heterocycles. The Morgan fingerprint density at radius 2 is 2.22 bits per heavy atom. The van der Waals surface area contributed by atoms with Crippen LogP contribution in [0, 0.1) is 6.92 Å². The predicted molar refractivity (Wildman–Crippen MR) is 78.7 cm³/mol. The molecule has 2 N–H and O–H groups in total. The molecule has 2 unspecified atom stereocenters. The van der Waals surface area contributed by atoms with E-state index in [0.717, 1.165) is 11.3 Å². The first kappa shape index (κ1) is 13.3. The van der Waals surface area contributed by atoms with Gasteiger partial charge in [-0.3, -0.25) is 4.98 Å². The van der Waals surface area contributed by atoms with Crippen LogP contribution in [0.4, 0.5) is 0 Å². The summed E-state index contributed by atoms with van der Waals surface area (Å²) in [4.78, 5) is 13.1. The molecule has 0 amide bonds. The lowest BCUT2D eigenvalue weighted by atomic mass is 10.0. The summed E-state index contributed by atoms with van der Waals surface area (Å²) in [5, 5.41) is 0.252. The largest absolute Gasteiger partial charge is 0.305 e. The zero-order valence-corrected chi connectivity index (χ0v) is 11.7. The van der Waals surface area contributed by atoms with Gasteiger partial charge < -0.3 is 5.73 Å². The van der Waals surface area contributed by atoms with Crippen LogP contribution in [0.1, 0.15) is 24.1 Å². The van der Waals surface area contributed by atoms with Crippen molar-refractivity contribution < 1.29 is 0 Å². The van der Waals surface area contributed by atoms with E-state index in [4.69, 9.17) is 29.6 Å². The number of nitrogens with two attached hydrogens (primary N) is 1. The highest BCUT2D eigenvalue weighted by Gasteiger charge is 2.24. The van der Waals surface area contributed by atoms with E-state index in [-0.39, 0.29) is 11.1 Å². The summed E-state index contributed by atoms with van der Waals surface area (Å²) in [7, 11) is 0. The molecule has 4 nitrogen and oxygen atoms in total. The minimum absolute atomic E-state index is 0.0622. The van der Waals surface area contributed by atoms with E-state index in [0.29, 0.717) is 10.7 Å². The summed E-state index contributed by atoms with van der Waals surface area (Å²) in [5.41, 5.74) is 7.82. The number of nitrogens with zero attached hydrogens (tertiary/aromatic N) is 3. The third kappa shape index (κ3) is 2.63. The molecular weight excluding hydrogens is 268 g/mol. The van der Waals surface area contributed by atoms with E-state index in [9.17, 15) is 0 Å². The number of hydrogen-bond acceptors (Lipinski definition) is 5. The van der Waals surface area contributed by atoms with Crippen molar-refractivity contribution in [2.45, 2.75) is 25.9 Å². The van der Waals surface area contributed by atoms with E-state index < -0.39 is 6.17 Å². The zero-order valence-electron chi connectivity index (χ0n) is 10.1. The van der Waals surface area contributed by atoms with Crippen molar-refractivity contribution in [1.82, 2.24) is 4.98 Å². The lowest BCUT2D eigenvalue weighted by Gasteiger charge is -2.18. The van der Waals surface area contributed by atoms with Crippen molar-refractivity contribution in [3.63, 3.8) is 0 Å². The van der Waals surface area contributed by atoms with Crippen LogP contribution in [0.5, 0.6) is 0 Å². The third-order valence-electron chi connectivity index (χ3n) is 2.72. The minimum Gasteiger partial charge on any atom is -0.305 e. The van der Waals surface area contributed by atoms with Gasteiger partial charge in [0.05, 0.1) is 16.5 Å². The van der Waals surface area contributed by atoms with Gasteiger partial charge in [-0.2, -0.15) is 0 Å². The second kappa shape index (κ2) is 5.22. The fraction of sp³-hybridized carbons (Fsp3) is 0.333. The summed E-state index contributed by atoms with van der Waals surface area (Å²) in [6, 6.07) is 3.94. The number of halogens is 1. The number of aryl methyl sites for hydroxylation is 1. The summed E-state index contributed by atoms with van der Waals surface area (Å²) in [5.74, 6) is 0.506. The van der Waals surface area contributed by atoms with E-state index in [2.05, 4.69) is 15.0 Å². The van der Waals surface area contributed by atoms with Crippen LogP contribution in [-0.2, 0) is 0 Å². The molecule has 0 spiro atoms. The molecule has 1 aliphatic rings. The first-order chi connectivity index (χ1) is 8.49. The first-order valence-electron chi connectivity index (χ1n) is 5.53. The van der Waals surface area contributed by atoms with Gasteiger partial charge in [0, 0.05) is 6.20 Å². The maximum atomic E-state index is 5.95. The maximum Gasteiger partial charge on any atom is 0.148 e. The van der Waals surface area contributed by atoms with E-state index in [1.54, 1.807) is 6.20 Å². The van der Waals surface area contributed by atoms with Crippen LogP contribution >= 0.6 is 23.8 Å². The Morgan fingerprint density at radius 1 is 1.50 bits per heavy atom. The zero-order chi connectivity index (χ0) is 13.3. The van der Waals surface area contributed by atoms with Gasteiger partial charge in [-0.25, -0.2) is 9.98 Å². The van der Waals surface area contributed by atoms with E-state index in [1.165, 1.54) is 0 Å². The van der Waals surface area contributed by atoms with Crippen molar-refractivity contribution >= 4 is 39.7 Å². The van der Waals surface area contributed by atoms with Gasteiger partial charge >= 0.3 is 0 Å². The van der Waals surface area contributed by atoms with Crippen molar-refractivity contribution in [2.75, 3.05) is 0 Å². The van der Waals surface area contributed by atoms with Gasteiger partial charge in [-0.05, 0) is 31.5 Å². The summed E-state index contributed by atoms with van der Waals surface area (Å²) in [6.07, 6.45) is 1.17. The quantitative estimate of drug-likeness (QED) is 0.845. The Labute approximate surface area is 116 Å². The fourth-order valence-electron chi connectivity index (χ4n) is 1.64. The SMILES string of the molecule is Cc1ccnc(C(C)C2=NC(N)C(=S)C(Cl)=N2)c1. The second-order valence-corrected chi connectivity index (χ2v) is 4.98. The average molecular weight is 281 g/mol. The number of thiocarbonyl (C=S) groups is 1. The van der Waals surface area contributed by atoms with Crippen molar-refractivity contribution in [3.8, 4) is 0 Å². The fourth-order valence-corrected chi connectivity index (χ4v) is 1.94. The van der Waals surface area contributed by atoms with Crippen molar-refractivity contribution in [3.05, 3.63) is 29.6 Å². The van der Waals surface area contributed by atoms with Crippen molar-refractivity contribution in [1.29, 1.82) is 0 Å². The van der Waals surface area contributed by atoms with Gasteiger partial charge in [0.1, 0.15) is 17.2 Å². The summed E-state index contributed by atoms with van der Waals surface area (Å²) >= 11 is 11.0. The molecule has 0 fully saturated rings. The predicted octanol–water partition coefficient (Wildman–Crippen LogP) is 2.20. The smallest absolute Gasteiger partial charge is 0.148 e. The van der Waals surface area contributed by atoms with Crippen LogP contribution < -0.4 is 5.73 Å². The van der Waals surface area contributed by atoms with Gasteiger partial charge in [-0.1, -0.05) is 23.8 Å². The molecule has 0 aromatic carbocycles. The molecule has 0 saturated heterocycles. The van der Waals surface area contributed by atoms with E-state index in [1.807, 2.05) is 26.0 Å². The minimum atomic E-state index is -0.591. The Morgan fingerprint density at radius 3 is 2.83 bits per heavy atom. The molecular formula is C12H13ClN4S. The summed E-state index contributed by atoms with van der Waals surface area (Å²) in [6.45, 7) is 3.98. The molecule has 0 radical (unpaired) electrons. The standard InChI is InChI=1S/C12H13ClN4S/c1-6-3-4-15-8(5-6)7(2)12-16-10(13)9(18)11(14)17-12/h3-5,7,11H,14H2,1-2H3. The van der Waals surface area contributed by atoms with Crippen LogP contribution in [0.2, 0.25) is 0 Å². The highest BCUT2D eigenvalue weighted by atomic mass is 35.5. The maximum absolute atomic E-state index is 5.95. The Kier molecular flexibility index (Phi) is 3.85. The Balaban J connectivity index is 2.33.